The predicted octanol–water partition coefficient (Wildman–Crippen LogP) is -1.59. The molecule has 0 heterocycles. The maximum atomic E-state index is 9.93. The number of hydrogen-bond acceptors (Lipinski definition) is 3. The average molecular weight is 175 g/mol. The monoisotopic (exact) mass is 175 g/mol. The molecule has 0 rings (SSSR count). The topological polar surface area (TPSA) is 118 Å². The molecule has 8 heteroatoms. The lowest BCUT2D eigenvalue weighted by Gasteiger charge is -1.98. The van der Waals surface area contributed by atoms with Gasteiger partial charge in [0, 0.05) is 0 Å². The molecular formula is CH6NO5PS. The van der Waals surface area contributed by atoms with Gasteiger partial charge in [-0.1, -0.05) is 0 Å². The standard InChI is InChI=1S/CH6NO5PS/c2-9(6,7)1-8(3,4)5/h1H2,(H2,2,6,7)(H2,3,4,5). The van der Waals surface area contributed by atoms with Crippen molar-refractivity contribution in [2.45, 2.75) is 0 Å². The predicted molar refractivity (Wildman–Crippen MR) is 30.0 cm³/mol. The molecule has 0 atom stereocenters. The second kappa shape index (κ2) is 2.36. The van der Waals surface area contributed by atoms with Crippen LogP contribution in [0.4, 0.5) is 0 Å². The lowest BCUT2D eigenvalue weighted by atomic mass is 11.9. The second-order valence-electron chi connectivity index (χ2n) is 1.46. The molecule has 0 aromatic rings. The zero-order valence-electron chi connectivity index (χ0n) is 4.26. The molecule has 0 aromatic heterocycles. The molecule has 0 saturated heterocycles. The summed E-state index contributed by atoms with van der Waals surface area (Å²) in [6, 6.07) is 0. The quantitative estimate of drug-likeness (QED) is 0.437. The van der Waals surface area contributed by atoms with Crippen molar-refractivity contribution in [3.63, 3.8) is 0 Å². The van der Waals surface area contributed by atoms with Crippen LogP contribution in [0.1, 0.15) is 0 Å². The van der Waals surface area contributed by atoms with E-state index in [2.05, 4.69) is 5.14 Å². The Labute approximate surface area is 51.9 Å². The first-order chi connectivity index (χ1) is 3.71. The molecule has 0 saturated carbocycles. The summed E-state index contributed by atoms with van der Waals surface area (Å²) >= 11 is 0. The van der Waals surface area contributed by atoms with Gasteiger partial charge >= 0.3 is 7.60 Å². The Morgan fingerprint density at radius 1 is 1.44 bits per heavy atom. The molecule has 4 N–H and O–H groups in total. The zero-order chi connectivity index (χ0) is 7.71. The van der Waals surface area contributed by atoms with Gasteiger partial charge in [-0.25, -0.2) is 13.6 Å². The normalized spacial score (nSPS) is 13.7. The van der Waals surface area contributed by atoms with E-state index in [1.807, 2.05) is 0 Å². The fraction of sp³-hybridized carbons (Fsp3) is 1.00. The first kappa shape index (κ1) is 9.06. The molecule has 6 nitrogen and oxygen atoms in total. The van der Waals surface area contributed by atoms with E-state index < -0.39 is 23.1 Å². The maximum absolute atomic E-state index is 9.93. The third kappa shape index (κ3) is 8.06. The van der Waals surface area contributed by atoms with Crippen molar-refractivity contribution in [2.75, 3.05) is 5.49 Å². The second-order valence-corrected chi connectivity index (χ2v) is 5.14. The van der Waals surface area contributed by atoms with Crippen LogP contribution in [-0.4, -0.2) is 23.7 Å². The fourth-order valence-electron chi connectivity index (χ4n) is 0.234. The lowest BCUT2D eigenvalue weighted by molar-refractivity contribution is 0.378. The molecule has 0 fully saturated rings. The Balaban J connectivity index is 4.26. The average Bonchev–Trinajstić information content (AvgIpc) is 1.14. The molecule has 0 aliphatic rings. The summed E-state index contributed by atoms with van der Waals surface area (Å²) in [5.74, 6) is 0. The van der Waals surface area contributed by atoms with Crippen LogP contribution in [0.3, 0.4) is 0 Å². The molecule has 0 bridgehead atoms. The summed E-state index contributed by atoms with van der Waals surface area (Å²) < 4.78 is 29.7. The molecule has 0 amide bonds. The Morgan fingerprint density at radius 3 is 1.78 bits per heavy atom. The van der Waals surface area contributed by atoms with Crippen LogP contribution >= 0.6 is 7.60 Å². The molecule has 0 spiro atoms. The van der Waals surface area contributed by atoms with Gasteiger partial charge < -0.3 is 9.79 Å². The van der Waals surface area contributed by atoms with E-state index >= 15 is 0 Å². The van der Waals surface area contributed by atoms with Gasteiger partial charge in [-0.05, 0) is 0 Å². The van der Waals surface area contributed by atoms with Crippen LogP contribution in [-0.2, 0) is 14.6 Å². The van der Waals surface area contributed by atoms with Gasteiger partial charge in [0.1, 0.15) is 0 Å². The largest absolute Gasteiger partial charge is 0.341 e. The molecule has 0 aromatic carbocycles. The minimum absolute atomic E-state index is 1.29. The number of nitrogens with two attached hydrogens (primary N) is 1. The van der Waals surface area contributed by atoms with Gasteiger partial charge in [-0.2, -0.15) is 0 Å². The van der Waals surface area contributed by atoms with Crippen molar-refractivity contribution in [1.82, 2.24) is 0 Å². The van der Waals surface area contributed by atoms with Crippen LogP contribution in [0.2, 0.25) is 0 Å². The van der Waals surface area contributed by atoms with E-state index in [4.69, 9.17) is 9.79 Å². The Bertz CT molecular complexity index is 223. The number of primary sulfonamides is 1. The first-order valence-electron chi connectivity index (χ1n) is 1.76. The fourth-order valence-corrected chi connectivity index (χ4v) is 2.11. The van der Waals surface area contributed by atoms with Crippen LogP contribution in [0, 0.1) is 0 Å². The summed E-state index contributed by atoms with van der Waals surface area (Å²) in [5.41, 5.74) is -1.29. The van der Waals surface area contributed by atoms with Crippen LogP contribution < -0.4 is 5.14 Å². The van der Waals surface area contributed by atoms with Crippen molar-refractivity contribution < 1.29 is 22.8 Å². The van der Waals surface area contributed by atoms with Gasteiger partial charge in [0.15, 0.2) is 5.49 Å². The van der Waals surface area contributed by atoms with Gasteiger partial charge in [-0.15, -0.1) is 0 Å². The highest BCUT2D eigenvalue weighted by atomic mass is 32.2. The number of hydrogen-bond donors (Lipinski definition) is 3. The highest BCUT2D eigenvalue weighted by Crippen LogP contribution is 2.34. The van der Waals surface area contributed by atoms with Gasteiger partial charge in [0.05, 0.1) is 0 Å². The number of sulfonamides is 1. The van der Waals surface area contributed by atoms with Crippen molar-refractivity contribution in [3.8, 4) is 0 Å². The van der Waals surface area contributed by atoms with Gasteiger partial charge in [-0.3, -0.25) is 4.57 Å². The summed E-state index contributed by atoms with van der Waals surface area (Å²) in [5, 5.41) is 4.30. The van der Waals surface area contributed by atoms with Crippen molar-refractivity contribution in [1.29, 1.82) is 0 Å². The van der Waals surface area contributed by atoms with E-state index in [1.54, 1.807) is 0 Å². The summed E-state index contributed by atoms with van der Waals surface area (Å²) in [7, 11) is -8.55. The van der Waals surface area contributed by atoms with E-state index in [0.29, 0.717) is 0 Å². The minimum Gasteiger partial charge on any atom is -0.324 e. The molecule has 9 heavy (non-hydrogen) atoms. The van der Waals surface area contributed by atoms with E-state index in [0.717, 1.165) is 0 Å². The molecule has 0 aliphatic heterocycles. The first-order valence-corrected chi connectivity index (χ1v) is 5.27. The van der Waals surface area contributed by atoms with E-state index in [-0.39, 0.29) is 0 Å². The third-order valence-corrected chi connectivity index (χ3v) is 3.13. The van der Waals surface area contributed by atoms with Gasteiger partial charge in [0.25, 0.3) is 0 Å². The SMILES string of the molecule is NS(=O)(=O)CP(=O)(O)O. The molecular weight excluding hydrogens is 169 g/mol. The summed E-state index contributed by atoms with van der Waals surface area (Å²) in [4.78, 5) is 16.0. The Morgan fingerprint density at radius 2 is 1.78 bits per heavy atom. The van der Waals surface area contributed by atoms with Crippen molar-refractivity contribution >= 4 is 17.6 Å². The molecule has 56 valence electrons. The van der Waals surface area contributed by atoms with E-state index in [1.165, 1.54) is 0 Å². The van der Waals surface area contributed by atoms with Gasteiger partial charge in [0.2, 0.25) is 10.0 Å². The van der Waals surface area contributed by atoms with E-state index in [9.17, 15) is 13.0 Å². The molecule has 0 aliphatic carbocycles. The third-order valence-electron chi connectivity index (χ3n) is 0.348. The summed E-state index contributed by atoms with van der Waals surface area (Å²) in [6.45, 7) is 0. The highest BCUT2D eigenvalue weighted by Gasteiger charge is 2.20. The zero-order valence-corrected chi connectivity index (χ0v) is 5.97. The number of rotatable bonds is 2. The van der Waals surface area contributed by atoms with Crippen LogP contribution in [0.25, 0.3) is 0 Å². The summed E-state index contributed by atoms with van der Waals surface area (Å²) in [6.07, 6.45) is 0. The van der Waals surface area contributed by atoms with Crippen molar-refractivity contribution in [2.24, 2.45) is 5.14 Å². The maximum Gasteiger partial charge on any atom is 0.341 e. The molecule has 0 radical (unpaired) electrons. The lowest BCUT2D eigenvalue weighted by Crippen LogP contribution is -2.16. The highest BCUT2D eigenvalue weighted by molar-refractivity contribution is 7.95. The smallest absolute Gasteiger partial charge is 0.324 e. The van der Waals surface area contributed by atoms with Crippen LogP contribution in [0.5, 0.6) is 0 Å². The Kier molecular flexibility index (Phi) is 2.37. The minimum atomic E-state index is -4.50. The Hall–Kier alpha value is 0.0600. The van der Waals surface area contributed by atoms with Crippen molar-refractivity contribution in [3.05, 3.63) is 0 Å². The molecule has 0 unspecified atom stereocenters. The van der Waals surface area contributed by atoms with Crippen LogP contribution in [0.15, 0.2) is 0 Å².